The average Bonchev–Trinajstić information content (AvgIpc) is 2.93. The van der Waals surface area contributed by atoms with Crippen molar-refractivity contribution >= 4 is 29.9 Å². The Labute approximate surface area is 152 Å². The lowest BCUT2D eigenvalue weighted by molar-refractivity contribution is 0.613. The summed E-state index contributed by atoms with van der Waals surface area (Å²) in [5, 5.41) is 6.18. The van der Waals surface area contributed by atoms with Gasteiger partial charge in [-0.2, -0.15) is 0 Å². The summed E-state index contributed by atoms with van der Waals surface area (Å²) < 4.78 is 16.0. The first-order valence-electron chi connectivity index (χ1n) is 7.00. The molecule has 0 atom stereocenters. The normalized spacial score (nSPS) is 10.8. The number of halogens is 2. The molecule has 0 aliphatic carbocycles. The Balaban J connectivity index is 0.00000264. The second-order valence-corrected chi connectivity index (χ2v) is 4.73. The third-order valence-electron chi connectivity index (χ3n) is 3.19. The summed E-state index contributed by atoms with van der Waals surface area (Å²) in [5.41, 5.74) is 1.33. The van der Waals surface area contributed by atoms with Gasteiger partial charge in [0.2, 0.25) is 0 Å². The Kier molecular flexibility index (Phi) is 7.73. The van der Waals surface area contributed by atoms with Gasteiger partial charge in [0.25, 0.3) is 0 Å². The van der Waals surface area contributed by atoms with Crippen LogP contribution < -0.4 is 10.6 Å². The van der Waals surface area contributed by atoms with Crippen molar-refractivity contribution in [3.63, 3.8) is 0 Å². The summed E-state index contributed by atoms with van der Waals surface area (Å²) in [4.78, 5) is 8.18. The molecule has 2 aromatic rings. The number of rotatable bonds is 5. The van der Waals surface area contributed by atoms with E-state index < -0.39 is 0 Å². The first-order valence-corrected chi connectivity index (χ1v) is 7.00. The van der Waals surface area contributed by atoms with Crippen molar-refractivity contribution in [2.45, 2.75) is 13.5 Å². The molecule has 1 heterocycles. The molecule has 2 N–H and O–H groups in total. The maximum atomic E-state index is 14.3. The molecule has 5 nitrogen and oxygen atoms in total. The Morgan fingerprint density at radius 3 is 2.78 bits per heavy atom. The Morgan fingerprint density at radius 2 is 2.22 bits per heavy atom. The van der Waals surface area contributed by atoms with Gasteiger partial charge in [-0.25, -0.2) is 9.37 Å². The predicted octanol–water partition coefficient (Wildman–Crippen LogP) is 2.79. The molecule has 0 aliphatic rings. The predicted molar refractivity (Wildman–Crippen MR) is 102 cm³/mol. The fourth-order valence-electron chi connectivity index (χ4n) is 2.06. The molecule has 0 amide bonds. The van der Waals surface area contributed by atoms with E-state index in [2.05, 4.69) is 27.2 Å². The van der Waals surface area contributed by atoms with E-state index in [-0.39, 0.29) is 29.8 Å². The van der Waals surface area contributed by atoms with Gasteiger partial charge < -0.3 is 15.2 Å². The Hall–Kier alpha value is -1.90. The maximum absolute atomic E-state index is 14.3. The number of imidazole rings is 1. The molecular weight excluding hydrogens is 408 g/mol. The number of aliphatic imine (C=N–C) groups is 1. The van der Waals surface area contributed by atoms with Gasteiger partial charge in [-0.1, -0.05) is 12.1 Å². The van der Waals surface area contributed by atoms with Gasteiger partial charge >= 0.3 is 0 Å². The molecule has 23 heavy (non-hydrogen) atoms. The zero-order chi connectivity index (χ0) is 15.9. The van der Waals surface area contributed by atoms with E-state index in [0.29, 0.717) is 24.7 Å². The zero-order valence-electron chi connectivity index (χ0n) is 13.2. The van der Waals surface area contributed by atoms with Gasteiger partial charge in [0, 0.05) is 32.5 Å². The highest BCUT2D eigenvalue weighted by Gasteiger charge is 2.08. The first kappa shape index (κ1) is 19.1. The SMILES string of the molecule is C=CCNC(=NC)NCc1ccc(-n2ccnc2C)c(F)c1.I. The minimum Gasteiger partial charge on any atom is -0.353 e. The van der Waals surface area contributed by atoms with Crippen molar-refractivity contribution in [1.29, 1.82) is 0 Å². The van der Waals surface area contributed by atoms with Gasteiger partial charge in [0.1, 0.15) is 11.6 Å². The molecule has 0 radical (unpaired) electrons. The van der Waals surface area contributed by atoms with Crippen molar-refractivity contribution in [3.05, 3.63) is 60.5 Å². The van der Waals surface area contributed by atoms with Crippen LogP contribution in [0.2, 0.25) is 0 Å². The Bertz CT molecular complexity index is 681. The van der Waals surface area contributed by atoms with E-state index in [1.165, 1.54) is 6.07 Å². The van der Waals surface area contributed by atoms with Gasteiger partial charge in [-0.15, -0.1) is 30.6 Å². The zero-order valence-corrected chi connectivity index (χ0v) is 15.5. The minimum absolute atomic E-state index is 0. The molecule has 7 heteroatoms. The summed E-state index contributed by atoms with van der Waals surface area (Å²) in [5.74, 6) is 1.11. The summed E-state index contributed by atoms with van der Waals surface area (Å²) in [6.45, 7) is 6.57. The van der Waals surface area contributed by atoms with Crippen LogP contribution in [0.3, 0.4) is 0 Å². The summed E-state index contributed by atoms with van der Waals surface area (Å²) >= 11 is 0. The molecule has 2 rings (SSSR count). The minimum atomic E-state index is -0.283. The van der Waals surface area contributed by atoms with Gasteiger partial charge in [-0.3, -0.25) is 4.99 Å². The Morgan fingerprint density at radius 1 is 1.43 bits per heavy atom. The highest BCUT2D eigenvalue weighted by Crippen LogP contribution is 2.16. The van der Waals surface area contributed by atoms with Gasteiger partial charge in [-0.05, 0) is 24.6 Å². The molecule has 1 aromatic heterocycles. The number of aromatic nitrogens is 2. The average molecular weight is 429 g/mol. The summed E-state index contributed by atoms with van der Waals surface area (Å²) in [6.07, 6.45) is 5.14. The van der Waals surface area contributed by atoms with Crippen LogP contribution in [0.25, 0.3) is 5.69 Å². The van der Waals surface area contributed by atoms with Crippen molar-refractivity contribution < 1.29 is 4.39 Å². The van der Waals surface area contributed by atoms with E-state index in [9.17, 15) is 4.39 Å². The lowest BCUT2D eigenvalue weighted by Crippen LogP contribution is -2.36. The highest BCUT2D eigenvalue weighted by molar-refractivity contribution is 14.0. The van der Waals surface area contributed by atoms with Crippen LogP contribution in [-0.4, -0.2) is 29.1 Å². The van der Waals surface area contributed by atoms with Crippen LogP contribution >= 0.6 is 24.0 Å². The quantitative estimate of drug-likeness (QED) is 0.333. The molecule has 0 saturated heterocycles. The van der Waals surface area contributed by atoms with Crippen LogP contribution in [0, 0.1) is 12.7 Å². The molecule has 0 aliphatic heterocycles. The summed E-state index contributed by atoms with van der Waals surface area (Å²) in [7, 11) is 1.68. The summed E-state index contributed by atoms with van der Waals surface area (Å²) in [6, 6.07) is 5.15. The second-order valence-electron chi connectivity index (χ2n) is 4.73. The lowest BCUT2D eigenvalue weighted by Gasteiger charge is -2.12. The van der Waals surface area contributed by atoms with Crippen LogP contribution in [0.5, 0.6) is 0 Å². The number of hydrogen-bond donors (Lipinski definition) is 2. The number of hydrogen-bond acceptors (Lipinski definition) is 2. The fraction of sp³-hybridized carbons (Fsp3) is 0.250. The van der Waals surface area contributed by atoms with Crippen molar-refractivity contribution in [1.82, 2.24) is 20.2 Å². The number of nitrogens with one attached hydrogen (secondary N) is 2. The molecule has 0 saturated carbocycles. The van der Waals surface area contributed by atoms with Crippen molar-refractivity contribution in [2.75, 3.05) is 13.6 Å². The van der Waals surface area contributed by atoms with Crippen LogP contribution in [0.1, 0.15) is 11.4 Å². The smallest absolute Gasteiger partial charge is 0.191 e. The van der Waals surface area contributed by atoms with Crippen LogP contribution in [-0.2, 0) is 6.54 Å². The first-order chi connectivity index (χ1) is 10.7. The molecular formula is C16H21FIN5. The highest BCUT2D eigenvalue weighted by atomic mass is 127. The molecule has 0 fully saturated rings. The van der Waals surface area contributed by atoms with Gasteiger partial charge in [0.15, 0.2) is 5.96 Å². The van der Waals surface area contributed by atoms with Crippen LogP contribution in [0.15, 0.2) is 48.2 Å². The second kappa shape index (κ2) is 9.29. The van der Waals surface area contributed by atoms with E-state index in [4.69, 9.17) is 0 Å². The number of benzene rings is 1. The number of nitrogens with zero attached hydrogens (tertiary/aromatic N) is 3. The lowest BCUT2D eigenvalue weighted by atomic mass is 10.2. The third kappa shape index (κ3) is 5.05. The monoisotopic (exact) mass is 429 g/mol. The topological polar surface area (TPSA) is 54.2 Å². The van der Waals surface area contributed by atoms with E-state index in [1.54, 1.807) is 36.2 Å². The number of aryl methyl sites for hydroxylation is 1. The van der Waals surface area contributed by atoms with Crippen LogP contribution in [0.4, 0.5) is 4.39 Å². The fourth-order valence-corrected chi connectivity index (χ4v) is 2.06. The number of guanidine groups is 1. The standard InChI is InChI=1S/C16H20FN5.HI/c1-4-7-20-16(18-3)21-11-13-5-6-15(14(17)10-13)22-9-8-19-12(22)2;/h4-6,8-10H,1,7,11H2,2-3H3,(H2,18,20,21);1H. The van der Waals surface area contributed by atoms with E-state index >= 15 is 0 Å². The van der Waals surface area contributed by atoms with E-state index in [0.717, 1.165) is 11.4 Å². The van der Waals surface area contributed by atoms with Crippen molar-refractivity contribution in [3.8, 4) is 5.69 Å². The molecule has 124 valence electrons. The molecule has 1 aromatic carbocycles. The maximum Gasteiger partial charge on any atom is 0.191 e. The largest absolute Gasteiger partial charge is 0.353 e. The molecule has 0 spiro atoms. The van der Waals surface area contributed by atoms with Gasteiger partial charge in [0.05, 0.1) is 5.69 Å². The van der Waals surface area contributed by atoms with Crippen molar-refractivity contribution in [2.24, 2.45) is 4.99 Å². The molecule has 0 unspecified atom stereocenters. The third-order valence-corrected chi connectivity index (χ3v) is 3.19. The molecule has 0 bridgehead atoms. The van der Waals surface area contributed by atoms with E-state index in [1.807, 2.05) is 13.0 Å².